The second-order valence-electron chi connectivity index (χ2n) is 5.86. The van der Waals surface area contributed by atoms with Crippen LogP contribution in [-0.2, 0) is 0 Å². The quantitative estimate of drug-likeness (QED) is 0.923. The van der Waals surface area contributed by atoms with Gasteiger partial charge in [0.1, 0.15) is 5.75 Å². The van der Waals surface area contributed by atoms with E-state index in [1.54, 1.807) is 12.3 Å². The molecule has 0 aliphatic heterocycles. The summed E-state index contributed by atoms with van der Waals surface area (Å²) < 4.78 is 5.31. The molecule has 1 aliphatic carbocycles. The zero-order valence-corrected chi connectivity index (χ0v) is 12.3. The average Bonchev–Trinajstić information content (AvgIpc) is 2.98. The van der Waals surface area contributed by atoms with Crippen LogP contribution in [0.4, 0.5) is 0 Å². The van der Waals surface area contributed by atoms with Crippen LogP contribution in [0.3, 0.4) is 0 Å². The van der Waals surface area contributed by atoms with Gasteiger partial charge < -0.3 is 9.63 Å². The highest BCUT2D eigenvalue weighted by Gasteiger charge is 2.26. The first kappa shape index (κ1) is 14.0. The highest BCUT2D eigenvalue weighted by atomic mass is 16.5. The summed E-state index contributed by atoms with van der Waals surface area (Å²) in [6.45, 7) is 2.25. The van der Waals surface area contributed by atoms with E-state index >= 15 is 0 Å². The third-order valence-electron chi connectivity index (χ3n) is 4.38. The second-order valence-corrected chi connectivity index (χ2v) is 5.86. The first-order valence-corrected chi connectivity index (χ1v) is 7.75. The Hall–Kier alpha value is -1.91. The van der Waals surface area contributed by atoms with Crippen LogP contribution in [0.1, 0.15) is 57.2 Å². The van der Waals surface area contributed by atoms with Crippen LogP contribution in [0.2, 0.25) is 0 Å². The maximum Gasteiger partial charge on any atom is 0.261 e. The fourth-order valence-corrected chi connectivity index (χ4v) is 3.19. The van der Waals surface area contributed by atoms with Gasteiger partial charge in [0, 0.05) is 12.1 Å². The van der Waals surface area contributed by atoms with Gasteiger partial charge in [0.2, 0.25) is 0 Å². The van der Waals surface area contributed by atoms with E-state index in [0.29, 0.717) is 17.4 Å². The van der Waals surface area contributed by atoms with Gasteiger partial charge in [-0.1, -0.05) is 24.9 Å². The molecule has 1 saturated carbocycles. The molecule has 5 heteroatoms. The highest BCUT2D eigenvalue weighted by Crippen LogP contribution is 2.37. The molecule has 112 valence electrons. The molecule has 0 amide bonds. The largest absolute Gasteiger partial charge is 0.505 e. The fourth-order valence-electron chi connectivity index (χ4n) is 3.19. The van der Waals surface area contributed by atoms with Gasteiger partial charge in [-0.15, -0.1) is 0 Å². The molecule has 1 aliphatic rings. The van der Waals surface area contributed by atoms with Gasteiger partial charge in [-0.05, 0) is 37.7 Å². The van der Waals surface area contributed by atoms with Crippen LogP contribution in [0, 0.1) is 5.92 Å². The molecule has 0 radical (unpaired) electrons. The lowest BCUT2D eigenvalue weighted by atomic mass is 9.80. The Kier molecular flexibility index (Phi) is 4.18. The molecule has 0 unspecified atom stereocenters. The van der Waals surface area contributed by atoms with Gasteiger partial charge in [0.15, 0.2) is 5.82 Å². The van der Waals surface area contributed by atoms with E-state index in [1.165, 1.54) is 31.9 Å². The SMILES string of the molecule is CCCC1CCC(c2noc(-c3ccncc3O)n2)CC1. The summed E-state index contributed by atoms with van der Waals surface area (Å²) in [5.74, 6) is 2.47. The Labute approximate surface area is 124 Å². The van der Waals surface area contributed by atoms with Crippen molar-refractivity contribution in [3.05, 3.63) is 24.3 Å². The molecule has 2 heterocycles. The Bertz CT molecular complexity index is 589. The van der Waals surface area contributed by atoms with Crippen molar-refractivity contribution in [2.24, 2.45) is 5.92 Å². The Morgan fingerprint density at radius 1 is 1.29 bits per heavy atom. The van der Waals surface area contributed by atoms with Crippen LogP contribution < -0.4 is 0 Å². The summed E-state index contributed by atoms with van der Waals surface area (Å²) in [6, 6.07) is 1.69. The van der Waals surface area contributed by atoms with Crippen molar-refractivity contribution in [1.29, 1.82) is 0 Å². The summed E-state index contributed by atoms with van der Waals surface area (Å²) in [5, 5.41) is 13.9. The Morgan fingerprint density at radius 3 is 2.81 bits per heavy atom. The van der Waals surface area contributed by atoms with Crippen molar-refractivity contribution in [2.75, 3.05) is 0 Å². The van der Waals surface area contributed by atoms with Crippen molar-refractivity contribution < 1.29 is 9.63 Å². The summed E-state index contributed by atoms with van der Waals surface area (Å²) >= 11 is 0. The van der Waals surface area contributed by atoms with E-state index < -0.39 is 0 Å². The number of hydrogen-bond acceptors (Lipinski definition) is 5. The molecular formula is C16H21N3O2. The second kappa shape index (κ2) is 6.24. The van der Waals surface area contributed by atoms with E-state index in [2.05, 4.69) is 22.0 Å². The zero-order chi connectivity index (χ0) is 14.7. The molecule has 0 saturated heterocycles. The van der Waals surface area contributed by atoms with Crippen LogP contribution in [-0.4, -0.2) is 20.2 Å². The minimum atomic E-state index is 0.0688. The van der Waals surface area contributed by atoms with E-state index in [9.17, 15) is 5.11 Å². The molecule has 1 fully saturated rings. The van der Waals surface area contributed by atoms with E-state index in [-0.39, 0.29) is 5.75 Å². The van der Waals surface area contributed by atoms with E-state index in [1.807, 2.05) is 0 Å². The maximum absolute atomic E-state index is 9.79. The zero-order valence-electron chi connectivity index (χ0n) is 12.3. The lowest BCUT2D eigenvalue weighted by Crippen LogP contribution is -2.14. The van der Waals surface area contributed by atoms with E-state index in [4.69, 9.17) is 4.52 Å². The van der Waals surface area contributed by atoms with Gasteiger partial charge in [-0.2, -0.15) is 4.98 Å². The lowest BCUT2D eigenvalue weighted by molar-refractivity contribution is 0.296. The first-order valence-electron chi connectivity index (χ1n) is 7.75. The van der Waals surface area contributed by atoms with Crippen molar-refractivity contribution in [3.8, 4) is 17.2 Å². The molecule has 5 nitrogen and oxygen atoms in total. The molecule has 21 heavy (non-hydrogen) atoms. The molecule has 0 spiro atoms. The normalized spacial score (nSPS) is 22.3. The summed E-state index contributed by atoms with van der Waals surface area (Å²) in [5.41, 5.74) is 0.545. The number of aromatic nitrogens is 3. The minimum Gasteiger partial charge on any atom is -0.505 e. The number of pyridine rings is 1. The fraction of sp³-hybridized carbons (Fsp3) is 0.562. The van der Waals surface area contributed by atoms with E-state index in [0.717, 1.165) is 24.6 Å². The van der Waals surface area contributed by atoms with Crippen molar-refractivity contribution in [2.45, 2.75) is 51.4 Å². The average molecular weight is 287 g/mol. The van der Waals surface area contributed by atoms with Gasteiger partial charge >= 0.3 is 0 Å². The molecule has 0 atom stereocenters. The van der Waals surface area contributed by atoms with Gasteiger partial charge in [-0.25, -0.2) is 0 Å². The minimum absolute atomic E-state index is 0.0688. The molecule has 2 aromatic heterocycles. The van der Waals surface area contributed by atoms with Crippen molar-refractivity contribution >= 4 is 0 Å². The number of aromatic hydroxyl groups is 1. The molecular weight excluding hydrogens is 266 g/mol. The summed E-state index contributed by atoms with van der Waals surface area (Å²) in [6.07, 6.45) is 10.4. The van der Waals surface area contributed by atoms with Crippen LogP contribution in [0.15, 0.2) is 23.0 Å². The number of rotatable bonds is 4. The van der Waals surface area contributed by atoms with Gasteiger partial charge in [0.25, 0.3) is 5.89 Å². The number of hydrogen-bond donors (Lipinski definition) is 1. The molecule has 0 bridgehead atoms. The van der Waals surface area contributed by atoms with Crippen molar-refractivity contribution in [3.63, 3.8) is 0 Å². The third kappa shape index (κ3) is 3.06. The molecule has 3 rings (SSSR count). The molecule has 0 aromatic carbocycles. The van der Waals surface area contributed by atoms with Gasteiger partial charge in [-0.3, -0.25) is 4.98 Å². The van der Waals surface area contributed by atoms with Gasteiger partial charge in [0.05, 0.1) is 11.8 Å². The lowest BCUT2D eigenvalue weighted by Gasteiger charge is -2.26. The monoisotopic (exact) mass is 287 g/mol. The smallest absolute Gasteiger partial charge is 0.261 e. The third-order valence-corrected chi connectivity index (χ3v) is 4.38. The number of nitrogens with zero attached hydrogens (tertiary/aromatic N) is 3. The Balaban J connectivity index is 1.70. The van der Waals surface area contributed by atoms with Crippen molar-refractivity contribution in [1.82, 2.24) is 15.1 Å². The Morgan fingerprint density at radius 2 is 2.10 bits per heavy atom. The summed E-state index contributed by atoms with van der Waals surface area (Å²) in [4.78, 5) is 8.32. The predicted molar refractivity (Wildman–Crippen MR) is 78.8 cm³/mol. The molecule has 1 N–H and O–H groups in total. The maximum atomic E-state index is 9.79. The first-order chi connectivity index (χ1) is 10.3. The predicted octanol–water partition coefficient (Wildman–Crippen LogP) is 3.91. The van der Waals surface area contributed by atoms with Crippen LogP contribution in [0.5, 0.6) is 5.75 Å². The topological polar surface area (TPSA) is 72.0 Å². The van der Waals surface area contributed by atoms with Crippen LogP contribution >= 0.6 is 0 Å². The van der Waals surface area contributed by atoms with Crippen LogP contribution in [0.25, 0.3) is 11.5 Å². The highest BCUT2D eigenvalue weighted by molar-refractivity contribution is 5.60. The standard InChI is InChI=1S/C16H21N3O2/c1-2-3-11-4-6-12(7-5-11)15-18-16(21-19-15)13-8-9-17-10-14(13)20/h8-12,20H,2-7H2,1H3. The summed E-state index contributed by atoms with van der Waals surface area (Å²) in [7, 11) is 0. The molecule has 2 aromatic rings.